The van der Waals surface area contributed by atoms with Crippen molar-refractivity contribution in [3.8, 4) is 0 Å². The summed E-state index contributed by atoms with van der Waals surface area (Å²) < 4.78 is 2.84. The first-order chi connectivity index (χ1) is 17.2. The van der Waals surface area contributed by atoms with Crippen LogP contribution in [0.2, 0.25) is 5.02 Å². The van der Waals surface area contributed by atoms with Crippen LogP contribution in [-0.2, 0) is 11.3 Å². The Morgan fingerprint density at radius 3 is 2.64 bits per heavy atom. The summed E-state index contributed by atoms with van der Waals surface area (Å²) in [6.45, 7) is 10.4. The van der Waals surface area contributed by atoms with Gasteiger partial charge in [-0.2, -0.15) is 0 Å². The smallest absolute Gasteiger partial charge is 0.253 e. The lowest BCUT2D eigenvalue weighted by Crippen LogP contribution is -2.32. The predicted molar refractivity (Wildman–Crippen MR) is 150 cm³/mol. The zero-order valence-electron chi connectivity index (χ0n) is 20.4. The molecule has 1 heterocycles. The fraction of sp³-hybridized carbons (Fsp3) is 0.308. The van der Waals surface area contributed by atoms with Gasteiger partial charge in [0.25, 0.3) is 5.91 Å². The van der Waals surface area contributed by atoms with Crippen molar-refractivity contribution >= 4 is 56.8 Å². The zero-order valence-corrected chi connectivity index (χ0v) is 23.6. The number of allylic oxidation sites excluding steroid dienone is 1. The molecule has 1 aromatic heterocycles. The summed E-state index contributed by atoms with van der Waals surface area (Å²) in [4.78, 5) is 25.6. The van der Waals surface area contributed by atoms with E-state index >= 15 is 0 Å². The minimum absolute atomic E-state index is 0.147. The quantitative estimate of drug-likeness (QED) is 0.198. The van der Waals surface area contributed by atoms with Crippen molar-refractivity contribution in [2.75, 3.05) is 11.1 Å². The molecule has 2 aromatic carbocycles. The van der Waals surface area contributed by atoms with Crippen molar-refractivity contribution in [3.63, 3.8) is 0 Å². The number of amides is 2. The molecular weight excluding hydrogens is 562 g/mol. The van der Waals surface area contributed by atoms with Gasteiger partial charge in [0, 0.05) is 16.7 Å². The van der Waals surface area contributed by atoms with Crippen molar-refractivity contribution in [1.82, 2.24) is 20.1 Å². The van der Waals surface area contributed by atoms with Gasteiger partial charge in [-0.25, -0.2) is 0 Å². The SMILES string of the molecule is C=CCn1c(SCC(=O)Nc2ccc(Br)cc2C)nnc1[C@H](CC(C)C)NC(=O)c1ccccc1Cl. The van der Waals surface area contributed by atoms with E-state index in [9.17, 15) is 9.59 Å². The Hall–Kier alpha value is -2.62. The second-order valence-electron chi connectivity index (χ2n) is 8.67. The summed E-state index contributed by atoms with van der Waals surface area (Å²) in [5, 5.41) is 15.7. The summed E-state index contributed by atoms with van der Waals surface area (Å²) in [6.07, 6.45) is 2.39. The average molecular weight is 591 g/mol. The fourth-order valence-corrected chi connectivity index (χ4v) is 5.08. The molecule has 0 aliphatic carbocycles. The van der Waals surface area contributed by atoms with Crippen molar-refractivity contribution in [3.05, 3.63) is 81.6 Å². The largest absolute Gasteiger partial charge is 0.342 e. The van der Waals surface area contributed by atoms with Gasteiger partial charge in [-0.3, -0.25) is 9.59 Å². The van der Waals surface area contributed by atoms with E-state index < -0.39 is 6.04 Å². The molecule has 2 amide bonds. The number of carbonyl (C=O) groups is 2. The monoisotopic (exact) mass is 589 g/mol. The molecule has 0 aliphatic heterocycles. The Morgan fingerprint density at radius 2 is 1.97 bits per heavy atom. The fourth-order valence-electron chi connectivity index (χ4n) is 3.63. The van der Waals surface area contributed by atoms with E-state index in [1.807, 2.05) is 29.7 Å². The normalized spacial score (nSPS) is 11.8. The van der Waals surface area contributed by atoms with Crippen molar-refractivity contribution in [2.24, 2.45) is 5.92 Å². The summed E-state index contributed by atoms with van der Waals surface area (Å²) in [6, 6.07) is 12.2. The number of hydrogen-bond donors (Lipinski definition) is 2. The van der Waals surface area contributed by atoms with Crippen LogP contribution >= 0.6 is 39.3 Å². The van der Waals surface area contributed by atoms with E-state index in [-0.39, 0.29) is 23.5 Å². The maximum absolute atomic E-state index is 13.0. The molecule has 0 spiro atoms. The molecular formula is C26H29BrClN5O2S. The molecule has 36 heavy (non-hydrogen) atoms. The highest BCUT2D eigenvalue weighted by Gasteiger charge is 2.25. The predicted octanol–water partition coefficient (Wildman–Crippen LogP) is 6.44. The number of benzene rings is 2. The van der Waals surface area contributed by atoms with Crippen LogP contribution in [0, 0.1) is 12.8 Å². The topological polar surface area (TPSA) is 88.9 Å². The molecule has 190 valence electrons. The van der Waals surface area contributed by atoms with Gasteiger partial charge in [-0.1, -0.05) is 71.3 Å². The number of anilines is 1. The Labute approximate surface area is 229 Å². The van der Waals surface area contributed by atoms with E-state index in [1.165, 1.54) is 11.8 Å². The van der Waals surface area contributed by atoms with Crippen LogP contribution in [-0.4, -0.2) is 32.3 Å². The number of thioether (sulfide) groups is 1. The van der Waals surface area contributed by atoms with Gasteiger partial charge in [0.1, 0.15) is 0 Å². The summed E-state index contributed by atoms with van der Waals surface area (Å²) >= 11 is 11.0. The second kappa shape index (κ2) is 13.1. The average Bonchev–Trinajstić information content (AvgIpc) is 3.22. The molecule has 3 aromatic rings. The maximum Gasteiger partial charge on any atom is 0.253 e. The van der Waals surface area contributed by atoms with Gasteiger partial charge < -0.3 is 15.2 Å². The number of hydrogen-bond acceptors (Lipinski definition) is 5. The van der Waals surface area contributed by atoms with Crippen molar-refractivity contribution in [1.29, 1.82) is 0 Å². The Bertz CT molecular complexity index is 1250. The minimum Gasteiger partial charge on any atom is -0.342 e. The van der Waals surface area contributed by atoms with Gasteiger partial charge in [0.05, 0.1) is 22.4 Å². The van der Waals surface area contributed by atoms with Gasteiger partial charge in [-0.15, -0.1) is 16.8 Å². The van der Waals surface area contributed by atoms with E-state index in [0.29, 0.717) is 34.5 Å². The third kappa shape index (κ3) is 7.44. The van der Waals surface area contributed by atoms with Crippen LogP contribution in [0.25, 0.3) is 0 Å². The number of nitrogens with zero attached hydrogens (tertiary/aromatic N) is 3. The molecule has 0 aliphatic rings. The molecule has 3 rings (SSSR count). The third-order valence-electron chi connectivity index (χ3n) is 5.29. The van der Waals surface area contributed by atoms with Crippen LogP contribution in [0.3, 0.4) is 0 Å². The standard InChI is InChI=1S/C26H29BrClN5O2S/c1-5-12-33-24(22(13-16(2)3)30-25(35)19-8-6-7-9-20(19)28)31-32-26(33)36-15-23(34)29-21-11-10-18(27)14-17(21)4/h5-11,14,16,22H,1,12-13,15H2,2-4H3,(H,29,34)(H,30,35)/t22-/m0/s1. The Balaban J connectivity index is 1.78. The number of carbonyl (C=O) groups excluding carboxylic acids is 2. The number of aryl methyl sites for hydroxylation is 1. The summed E-state index contributed by atoms with van der Waals surface area (Å²) in [5.74, 6) is 0.622. The Kier molecular flexibility index (Phi) is 10.2. The van der Waals surface area contributed by atoms with Crippen LogP contribution in [0.5, 0.6) is 0 Å². The van der Waals surface area contributed by atoms with Crippen LogP contribution in [0.4, 0.5) is 5.69 Å². The number of halogens is 2. The van der Waals surface area contributed by atoms with Crippen molar-refractivity contribution in [2.45, 2.75) is 44.9 Å². The van der Waals surface area contributed by atoms with E-state index in [2.05, 4.69) is 57.2 Å². The highest BCUT2D eigenvalue weighted by atomic mass is 79.9. The first kappa shape index (κ1) is 28.0. The summed E-state index contributed by atoms with van der Waals surface area (Å²) in [7, 11) is 0. The third-order valence-corrected chi connectivity index (χ3v) is 7.08. The first-order valence-corrected chi connectivity index (χ1v) is 13.6. The molecule has 10 heteroatoms. The van der Waals surface area contributed by atoms with Gasteiger partial charge >= 0.3 is 0 Å². The lowest BCUT2D eigenvalue weighted by molar-refractivity contribution is -0.113. The van der Waals surface area contributed by atoms with Crippen LogP contribution in [0.1, 0.15) is 48.1 Å². The maximum atomic E-state index is 13.0. The molecule has 1 atom stereocenters. The van der Waals surface area contributed by atoms with Gasteiger partial charge in [0.2, 0.25) is 5.91 Å². The molecule has 0 bridgehead atoms. The van der Waals surface area contributed by atoms with Crippen molar-refractivity contribution < 1.29 is 9.59 Å². The highest BCUT2D eigenvalue weighted by Crippen LogP contribution is 2.27. The number of rotatable bonds is 11. The second-order valence-corrected chi connectivity index (χ2v) is 10.9. The van der Waals surface area contributed by atoms with E-state index in [1.54, 1.807) is 30.3 Å². The lowest BCUT2D eigenvalue weighted by atomic mass is 10.0. The number of aromatic nitrogens is 3. The molecule has 7 nitrogen and oxygen atoms in total. The molecule has 2 N–H and O–H groups in total. The van der Waals surface area contributed by atoms with E-state index in [0.717, 1.165) is 15.7 Å². The highest BCUT2D eigenvalue weighted by molar-refractivity contribution is 9.10. The van der Waals surface area contributed by atoms with Crippen LogP contribution < -0.4 is 10.6 Å². The Morgan fingerprint density at radius 1 is 1.22 bits per heavy atom. The lowest BCUT2D eigenvalue weighted by Gasteiger charge is -2.21. The molecule has 0 saturated heterocycles. The zero-order chi connectivity index (χ0) is 26.2. The minimum atomic E-state index is -0.394. The molecule has 0 radical (unpaired) electrons. The van der Waals surface area contributed by atoms with Gasteiger partial charge in [-0.05, 0) is 55.2 Å². The summed E-state index contributed by atoms with van der Waals surface area (Å²) in [5.41, 5.74) is 2.12. The number of nitrogens with one attached hydrogen (secondary N) is 2. The molecule has 0 unspecified atom stereocenters. The molecule has 0 fully saturated rings. The molecule has 0 saturated carbocycles. The van der Waals surface area contributed by atoms with Gasteiger partial charge in [0.15, 0.2) is 11.0 Å². The van der Waals surface area contributed by atoms with Crippen LogP contribution in [0.15, 0.2) is 64.7 Å². The van der Waals surface area contributed by atoms with E-state index in [4.69, 9.17) is 11.6 Å². The first-order valence-electron chi connectivity index (χ1n) is 11.5.